The van der Waals surface area contributed by atoms with Gasteiger partial charge in [-0.05, 0) is 38.8 Å². The fourth-order valence-electron chi connectivity index (χ4n) is 2.45. The van der Waals surface area contributed by atoms with Crippen molar-refractivity contribution in [2.45, 2.75) is 46.7 Å². The average molecular weight is 312 g/mol. The molecule has 0 amide bonds. The number of nitrogens with zero attached hydrogens (tertiary/aromatic N) is 2. The molecule has 0 radical (unpaired) electrons. The monoisotopic (exact) mass is 311 g/mol. The Balaban J connectivity index is 2.09. The molecule has 2 rings (SSSR count). The van der Waals surface area contributed by atoms with Gasteiger partial charge in [0.05, 0.1) is 16.4 Å². The molecule has 0 aromatic carbocycles. The van der Waals surface area contributed by atoms with Gasteiger partial charge in [-0.15, -0.1) is 11.3 Å². The summed E-state index contributed by atoms with van der Waals surface area (Å²) in [7, 11) is 1.95. The highest BCUT2D eigenvalue weighted by molar-refractivity contribution is 7.12. The van der Waals surface area contributed by atoms with E-state index < -0.39 is 0 Å². The largest absolute Gasteiger partial charge is 0.304 e. The van der Waals surface area contributed by atoms with E-state index in [1.165, 1.54) is 15.3 Å². The Morgan fingerprint density at radius 1 is 1.45 bits per heavy atom. The first-order valence-corrected chi connectivity index (χ1v) is 8.14. The second-order valence-electron chi connectivity index (χ2n) is 5.16. The normalized spacial score (nSPS) is 12.9. The molecule has 0 spiro atoms. The maximum atomic E-state index is 6.37. The minimum Gasteiger partial charge on any atom is -0.304 e. The molecule has 0 fully saturated rings. The fraction of sp³-hybridized carbons (Fsp3) is 0.533. The smallest absolute Gasteiger partial charge is 0.0863 e. The number of aryl methyl sites for hydroxylation is 4. The van der Waals surface area contributed by atoms with Crippen LogP contribution in [0.2, 0.25) is 5.02 Å². The molecule has 1 N–H and O–H groups in total. The summed E-state index contributed by atoms with van der Waals surface area (Å²) in [5, 5.41) is 8.80. The van der Waals surface area contributed by atoms with E-state index in [2.05, 4.69) is 44.2 Å². The topological polar surface area (TPSA) is 29.9 Å². The maximum Gasteiger partial charge on any atom is 0.0863 e. The molecular formula is C15H22ClN3S. The van der Waals surface area contributed by atoms with Gasteiger partial charge in [-0.1, -0.05) is 18.5 Å². The number of rotatable bonds is 5. The highest BCUT2D eigenvalue weighted by Gasteiger charge is 2.15. The molecule has 0 bridgehead atoms. The number of nitrogens with one attached hydrogen (secondary N) is 1. The second kappa shape index (κ2) is 6.29. The lowest BCUT2D eigenvalue weighted by atomic mass is 10.1. The quantitative estimate of drug-likeness (QED) is 0.898. The van der Waals surface area contributed by atoms with Crippen LogP contribution in [-0.2, 0) is 20.0 Å². The summed E-state index contributed by atoms with van der Waals surface area (Å²) in [6, 6.07) is 2.58. The van der Waals surface area contributed by atoms with E-state index in [-0.39, 0.29) is 0 Å². The Bertz CT molecular complexity index is 601. The molecule has 1 unspecified atom stereocenters. The van der Waals surface area contributed by atoms with Crippen molar-refractivity contribution >= 4 is 22.9 Å². The van der Waals surface area contributed by atoms with Crippen molar-refractivity contribution in [3.8, 4) is 0 Å². The van der Waals surface area contributed by atoms with Crippen molar-refractivity contribution in [2.75, 3.05) is 0 Å². The van der Waals surface area contributed by atoms with Crippen molar-refractivity contribution in [3.05, 3.63) is 37.8 Å². The van der Waals surface area contributed by atoms with Gasteiger partial charge in [0.25, 0.3) is 0 Å². The second-order valence-corrected chi connectivity index (χ2v) is 6.99. The van der Waals surface area contributed by atoms with Crippen LogP contribution >= 0.6 is 22.9 Å². The van der Waals surface area contributed by atoms with Gasteiger partial charge in [0.1, 0.15) is 0 Å². The van der Waals surface area contributed by atoms with E-state index >= 15 is 0 Å². The third kappa shape index (κ3) is 3.08. The van der Waals surface area contributed by atoms with Crippen LogP contribution in [-0.4, -0.2) is 9.78 Å². The third-order valence-electron chi connectivity index (χ3n) is 3.62. The first-order chi connectivity index (χ1) is 9.43. The molecule has 2 aromatic rings. The highest BCUT2D eigenvalue weighted by Crippen LogP contribution is 2.27. The minimum absolute atomic E-state index is 0.316. The predicted octanol–water partition coefficient (Wildman–Crippen LogP) is 4.17. The molecule has 3 nitrogen and oxygen atoms in total. The van der Waals surface area contributed by atoms with Gasteiger partial charge in [-0.3, -0.25) is 4.68 Å². The van der Waals surface area contributed by atoms with Crippen molar-refractivity contribution in [1.29, 1.82) is 0 Å². The molecule has 20 heavy (non-hydrogen) atoms. The molecule has 0 saturated heterocycles. The summed E-state index contributed by atoms with van der Waals surface area (Å²) in [6.07, 6.45) is 0.866. The van der Waals surface area contributed by atoms with Crippen LogP contribution < -0.4 is 5.32 Å². The highest BCUT2D eigenvalue weighted by atomic mass is 35.5. The molecular weight excluding hydrogens is 290 g/mol. The fourth-order valence-corrected chi connectivity index (χ4v) is 3.83. The van der Waals surface area contributed by atoms with E-state index in [0.29, 0.717) is 6.04 Å². The molecule has 5 heteroatoms. The Hall–Kier alpha value is -0.840. The molecule has 1 atom stereocenters. The van der Waals surface area contributed by atoms with Crippen LogP contribution in [0.5, 0.6) is 0 Å². The maximum absolute atomic E-state index is 6.37. The molecule has 0 saturated carbocycles. The lowest BCUT2D eigenvalue weighted by Crippen LogP contribution is -2.20. The van der Waals surface area contributed by atoms with Gasteiger partial charge < -0.3 is 5.32 Å². The Labute approximate surface area is 130 Å². The van der Waals surface area contributed by atoms with Gasteiger partial charge in [-0.25, -0.2) is 0 Å². The SMILES string of the molecule is CCc1nn(C)c(CNC(C)c2cc(C)sc2C)c1Cl. The van der Waals surface area contributed by atoms with Crippen LogP contribution in [0.4, 0.5) is 0 Å². The van der Waals surface area contributed by atoms with E-state index in [9.17, 15) is 0 Å². The number of aromatic nitrogens is 2. The first-order valence-electron chi connectivity index (χ1n) is 6.94. The van der Waals surface area contributed by atoms with Crippen LogP contribution in [0, 0.1) is 13.8 Å². The van der Waals surface area contributed by atoms with Crippen molar-refractivity contribution in [2.24, 2.45) is 7.05 Å². The molecule has 2 heterocycles. The van der Waals surface area contributed by atoms with E-state index in [1.807, 2.05) is 23.1 Å². The molecule has 110 valence electrons. The summed E-state index contributed by atoms with van der Waals surface area (Å²) < 4.78 is 1.88. The molecule has 2 aromatic heterocycles. The zero-order chi connectivity index (χ0) is 14.9. The lowest BCUT2D eigenvalue weighted by molar-refractivity contribution is 0.547. The number of hydrogen-bond donors (Lipinski definition) is 1. The first kappa shape index (κ1) is 15.5. The van der Waals surface area contributed by atoms with Crippen LogP contribution in [0.3, 0.4) is 0 Å². The van der Waals surface area contributed by atoms with Gasteiger partial charge in [-0.2, -0.15) is 5.10 Å². The Kier molecular flexibility index (Phi) is 4.89. The van der Waals surface area contributed by atoms with Crippen LogP contribution in [0.1, 0.15) is 46.6 Å². The van der Waals surface area contributed by atoms with Gasteiger partial charge in [0.2, 0.25) is 0 Å². The number of thiophene rings is 1. The average Bonchev–Trinajstić information content (AvgIpc) is 2.87. The summed E-state index contributed by atoms with van der Waals surface area (Å²) in [5.74, 6) is 0. The molecule has 0 aliphatic carbocycles. The standard InChI is InChI=1S/C15H22ClN3S/c1-6-13-15(16)14(19(5)18-13)8-17-10(3)12-7-9(2)20-11(12)4/h7,10,17H,6,8H2,1-5H3. The summed E-state index contributed by atoms with van der Waals surface area (Å²) in [6.45, 7) is 9.33. The van der Waals surface area contributed by atoms with Crippen molar-refractivity contribution < 1.29 is 0 Å². The van der Waals surface area contributed by atoms with E-state index in [0.717, 1.165) is 29.4 Å². The van der Waals surface area contributed by atoms with Gasteiger partial charge in [0, 0.05) is 29.4 Å². The lowest BCUT2D eigenvalue weighted by Gasteiger charge is -2.14. The molecule has 0 aliphatic rings. The zero-order valence-electron chi connectivity index (χ0n) is 12.7. The van der Waals surface area contributed by atoms with E-state index in [1.54, 1.807) is 0 Å². The van der Waals surface area contributed by atoms with Crippen molar-refractivity contribution in [1.82, 2.24) is 15.1 Å². The number of hydrogen-bond acceptors (Lipinski definition) is 3. The minimum atomic E-state index is 0.316. The summed E-state index contributed by atoms with van der Waals surface area (Å²) in [4.78, 5) is 2.74. The van der Waals surface area contributed by atoms with Crippen LogP contribution in [0.15, 0.2) is 6.07 Å². The third-order valence-corrected chi connectivity index (χ3v) is 5.04. The van der Waals surface area contributed by atoms with Gasteiger partial charge in [0.15, 0.2) is 0 Å². The summed E-state index contributed by atoms with van der Waals surface area (Å²) >= 11 is 8.22. The zero-order valence-corrected chi connectivity index (χ0v) is 14.3. The predicted molar refractivity (Wildman–Crippen MR) is 86.6 cm³/mol. The van der Waals surface area contributed by atoms with Gasteiger partial charge >= 0.3 is 0 Å². The van der Waals surface area contributed by atoms with Crippen molar-refractivity contribution in [3.63, 3.8) is 0 Å². The summed E-state index contributed by atoms with van der Waals surface area (Å²) in [5.41, 5.74) is 3.41. The molecule has 0 aliphatic heterocycles. The van der Waals surface area contributed by atoms with Crippen LogP contribution in [0.25, 0.3) is 0 Å². The van der Waals surface area contributed by atoms with E-state index in [4.69, 9.17) is 11.6 Å². The number of halogens is 1. The Morgan fingerprint density at radius 3 is 2.65 bits per heavy atom. The Morgan fingerprint density at radius 2 is 2.15 bits per heavy atom.